The topological polar surface area (TPSA) is 175 Å². The Morgan fingerprint density at radius 3 is 2.08 bits per heavy atom. The number of rotatable bonds is 12. The number of carbonyl (C=O) groups is 6. The van der Waals surface area contributed by atoms with Gasteiger partial charge in [0, 0.05) is 19.2 Å². The summed E-state index contributed by atoms with van der Waals surface area (Å²) in [5.74, 6) is -3.84. The van der Waals surface area contributed by atoms with Crippen LogP contribution in [0.25, 0.3) is 0 Å². The van der Waals surface area contributed by atoms with Gasteiger partial charge in [-0.3, -0.25) is 28.8 Å². The number of hydrogen-bond donors (Lipinski definition) is 5. The van der Waals surface area contributed by atoms with Crippen LogP contribution >= 0.6 is 0 Å². The van der Waals surface area contributed by atoms with Crippen LogP contribution in [0.15, 0.2) is 30.5 Å². The maximum atomic E-state index is 13.0. The maximum absolute atomic E-state index is 13.0. The molecule has 0 radical (unpaired) electrons. The molecule has 1 saturated carbocycles. The minimum absolute atomic E-state index is 0.0489. The summed E-state index contributed by atoms with van der Waals surface area (Å²) >= 11 is 0. The number of anilines is 1. The zero-order chi connectivity index (χ0) is 30.0. The summed E-state index contributed by atoms with van der Waals surface area (Å²) in [5, 5.41) is 12.9. The lowest BCUT2D eigenvalue weighted by Crippen LogP contribution is -2.57. The second kappa shape index (κ2) is 14.9. The zero-order valence-corrected chi connectivity index (χ0v) is 23.8. The third kappa shape index (κ3) is 9.58. The van der Waals surface area contributed by atoms with Gasteiger partial charge in [-0.15, -0.1) is 0 Å². The molecule has 0 saturated heterocycles. The summed E-state index contributed by atoms with van der Waals surface area (Å²) < 4.78 is 0. The molecule has 1 fully saturated rings. The highest BCUT2D eigenvalue weighted by Gasteiger charge is 2.33. The smallest absolute Gasteiger partial charge is 0.289 e. The minimum Gasteiger partial charge on any atom is -0.347 e. The summed E-state index contributed by atoms with van der Waals surface area (Å²) in [6.07, 6.45) is 5.98. The molecule has 0 aromatic carbocycles. The molecule has 2 rings (SSSR count). The van der Waals surface area contributed by atoms with Crippen molar-refractivity contribution in [2.24, 2.45) is 5.92 Å². The van der Waals surface area contributed by atoms with Crippen molar-refractivity contribution < 1.29 is 28.8 Å². The van der Waals surface area contributed by atoms with E-state index in [1.165, 1.54) is 32.2 Å². The van der Waals surface area contributed by atoms with Crippen molar-refractivity contribution >= 4 is 41.1 Å². The van der Waals surface area contributed by atoms with Crippen LogP contribution in [-0.2, 0) is 24.0 Å². The Bertz CT molecular complexity index is 1130. The van der Waals surface area contributed by atoms with Gasteiger partial charge in [-0.05, 0) is 50.3 Å². The third-order valence-corrected chi connectivity index (χ3v) is 6.52. The number of nitrogens with zero attached hydrogens (tertiary/aromatic N) is 1. The van der Waals surface area contributed by atoms with Crippen LogP contribution in [0.2, 0.25) is 0 Å². The van der Waals surface area contributed by atoms with E-state index in [4.69, 9.17) is 0 Å². The first-order chi connectivity index (χ1) is 18.8. The molecule has 0 unspecified atom stereocenters. The molecule has 0 aliphatic heterocycles. The molecule has 1 aliphatic carbocycles. The van der Waals surface area contributed by atoms with Gasteiger partial charge in [0.05, 0.1) is 11.6 Å². The first-order valence-electron chi connectivity index (χ1n) is 13.5. The lowest BCUT2D eigenvalue weighted by atomic mass is 9.94. The van der Waals surface area contributed by atoms with Crippen LogP contribution in [0.1, 0.15) is 77.1 Å². The molecular formula is C28H40N6O6. The van der Waals surface area contributed by atoms with Crippen LogP contribution < -0.4 is 26.6 Å². The van der Waals surface area contributed by atoms with E-state index in [1.807, 2.05) is 0 Å². The predicted molar refractivity (Wildman–Crippen MR) is 149 cm³/mol. The number of aromatic nitrogens is 1. The molecule has 0 bridgehead atoms. The van der Waals surface area contributed by atoms with Gasteiger partial charge in [0.25, 0.3) is 11.8 Å². The van der Waals surface area contributed by atoms with Crippen molar-refractivity contribution in [1.82, 2.24) is 26.3 Å². The molecule has 40 heavy (non-hydrogen) atoms. The molecule has 218 valence electrons. The lowest BCUT2D eigenvalue weighted by Gasteiger charge is -2.26. The minimum atomic E-state index is -1.17. The van der Waals surface area contributed by atoms with Gasteiger partial charge in [0.15, 0.2) is 0 Å². The van der Waals surface area contributed by atoms with Gasteiger partial charge in [-0.1, -0.05) is 39.7 Å². The Hall–Kier alpha value is -4.09. The fourth-order valence-electron chi connectivity index (χ4n) is 4.23. The number of hydrogen-bond acceptors (Lipinski definition) is 7. The van der Waals surface area contributed by atoms with E-state index in [0.717, 1.165) is 32.1 Å². The summed E-state index contributed by atoms with van der Waals surface area (Å²) in [4.78, 5) is 79.1. The molecule has 5 amide bonds. The molecule has 0 spiro atoms. The Balaban J connectivity index is 1.99. The van der Waals surface area contributed by atoms with Crippen molar-refractivity contribution in [1.29, 1.82) is 0 Å². The van der Waals surface area contributed by atoms with Gasteiger partial charge in [0.1, 0.15) is 17.9 Å². The predicted octanol–water partition coefficient (Wildman–Crippen LogP) is 1.38. The van der Waals surface area contributed by atoms with Gasteiger partial charge in [0.2, 0.25) is 23.5 Å². The molecule has 12 nitrogen and oxygen atoms in total. The van der Waals surface area contributed by atoms with Crippen molar-refractivity contribution in [3.63, 3.8) is 0 Å². The number of ketones is 1. The highest BCUT2D eigenvalue weighted by atomic mass is 16.2. The quantitative estimate of drug-likeness (QED) is 0.191. The largest absolute Gasteiger partial charge is 0.347 e. The molecule has 12 heteroatoms. The molecule has 1 aromatic rings. The zero-order valence-electron chi connectivity index (χ0n) is 23.8. The second-order valence-electron chi connectivity index (χ2n) is 10.5. The number of pyridine rings is 1. The van der Waals surface area contributed by atoms with Crippen molar-refractivity contribution in [2.45, 2.75) is 90.9 Å². The van der Waals surface area contributed by atoms with Crippen LogP contribution in [0.4, 0.5) is 5.82 Å². The maximum Gasteiger partial charge on any atom is 0.289 e. The third-order valence-electron chi connectivity index (χ3n) is 6.52. The number of Topliss-reactive ketones (excluding diaryl/α,β-unsaturated/α-hetero) is 1. The highest BCUT2D eigenvalue weighted by molar-refractivity contribution is 6.38. The van der Waals surface area contributed by atoms with Crippen LogP contribution in [0.5, 0.6) is 0 Å². The fourth-order valence-corrected chi connectivity index (χ4v) is 4.23. The van der Waals surface area contributed by atoms with E-state index < -0.39 is 47.5 Å². The molecular weight excluding hydrogens is 516 g/mol. The number of nitrogens with one attached hydrogen (secondary N) is 5. The van der Waals surface area contributed by atoms with E-state index in [0.29, 0.717) is 5.57 Å². The fraction of sp³-hybridized carbons (Fsp3) is 0.536. The summed E-state index contributed by atoms with van der Waals surface area (Å²) in [6.45, 7) is 11.5. The molecule has 3 atom stereocenters. The van der Waals surface area contributed by atoms with E-state index in [1.54, 1.807) is 20.8 Å². The van der Waals surface area contributed by atoms with Gasteiger partial charge in [-0.2, -0.15) is 0 Å². The van der Waals surface area contributed by atoms with E-state index in [2.05, 4.69) is 38.1 Å². The Kier molecular flexibility index (Phi) is 12.0. The first-order valence-corrected chi connectivity index (χ1v) is 13.5. The van der Waals surface area contributed by atoms with Crippen LogP contribution in [-0.4, -0.2) is 64.5 Å². The molecule has 1 aromatic heterocycles. The second-order valence-corrected chi connectivity index (χ2v) is 10.5. The van der Waals surface area contributed by atoms with Gasteiger partial charge in [-0.25, -0.2) is 4.98 Å². The van der Waals surface area contributed by atoms with E-state index in [-0.39, 0.29) is 29.2 Å². The van der Waals surface area contributed by atoms with E-state index in [9.17, 15) is 28.8 Å². The van der Waals surface area contributed by atoms with Crippen LogP contribution in [0.3, 0.4) is 0 Å². The highest BCUT2D eigenvalue weighted by Crippen LogP contribution is 2.17. The summed E-state index contributed by atoms with van der Waals surface area (Å²) in [6, 6.07) is -0.487. The van der Waals surface area contributed by atoms with Crippen LogP contribution in [0, 0.1) is 5.92 Å². The number of amides is 5. The standard InChI is InChI=1S/C28H40N6O6/c1-15(2)22(24(36)28(40)32-20-10-8-7-9-11-20)33-25(37)17(5)30-27(39)23(16(3)4)34-26(38)19-12-13-21(29-14-19)31-18(6)35/h12-15,17,20,22-23H,3,7-11H2,1-2,4-6H3,(H,30,39)(H,32,40)(H,33,37)(H,34,38)(H,29,31,35)/t17-,22-,23-/m0/s1. The molecule has 1 aliphatic rings. The average Bonchev–Trinajstić information content (AvgIpc) is 2.89. The summed E-state index contributed by atoms with van der Waals surface area (Å²) in [7, 11) is 0. The van der Waals surface area contributed by atoms with Gasteiger partial charge < -0.3 is 26.6 Å². The normalized spacial score (nSPS) is 15.7. The lowest BCUT2D eigenvalue weighted by molar-refractivity contribution is -0.141. The van der Waals surface area contributed by atoms with Crippen molar-refractivity contribution in [2.75, 3.05) is 5.32 Å². The van der Waals surface area contributed by atoms with Gasteiger partial charge >= 0.3 is 0 Å². The van der Waals surface area contributed by atoms with Crippen molar-refractivity contribution in [3.05, 3.63) is 36.0 Å². The van der Waals surface area contributed by atoms with E-state index >= 15 is 0 Å². The molecule has 5 N–H and O–H groups in total. The molecule has 1 heterocycles. The Labute approximate surface area is 234 Å². The van der Waals surface area contributed by atoms with Crippen molar-refractivity contribution in [3.8, 4) is 0 Å². The Morgan fingerprint density at radius 2 is 1.55 bits per heavy atom. The SMILES string of the molecule is C=C(C)[C@H](NC(=O)c1ccc(NC(C)=O)nc1)C(=O)N[C@@H](C)C(=O)N[C@H](C(=O)C(=O)NC1CCCCC1)C(C)C. The Morgan fingerprint density at radius 1 is 0.900 bits per heavy atom. The average molecular weight is 557 g/mol. The first kappa shape index (κ1) is 32.1. The number of carbonyl (C=O) groups excluding carboxylic acids is 6. The monoisotopic (exact) mass is 556 g/mol. The summed E-state index contributed by atoms with van der Waals surface area (Å²) in [5.41, 5.74) is 0.458.